The summed E-state index contributed by atoms with van der Waals surface area (Å²) in [6.45, 7) is 9.20. The monoisotopic (exact) mass is 340 g/mol. The first-order chi connectivity index (χ1) is 12.6. The first-order valence-electron chi connectivity index (χ1n) is 9.11. The lowest BCUT2D eigenvalue weighted by molar-refractivity contribution is 0.557. The van der Waals surface area contributed by atoms with Gasteiger partial charge >= 0.3 is 0 Å². The molecule has 1 aliphatic rings. The van der Waals surface area contributed by atoms with Gasteiger partial charge in [0.15, 0.2) is 0 Å². The summed E-state index contributed by atoms with van der Waals surface area (Å²) in [5.41, 5.74) is 8.10. The molecule has 130 valence electrons. The van der Waals surface area contributed by atoms with E-state index < -0.39 is 0 Å². The first-order valence-corrected chi connectivity index (χ1v) is 9.11. The number of pyridine rings is 1. The zero-order valence-electron chi connectivity index (χ0n) is 15.4. The topological polar surface area (TPSA) is 24.9 Å². The Morgan fingerprint density at radius 1 is 1.04 bits per heavy atom. The van der Waals surface area contributed by atoms with Crippen molar-refractivity contribution < 1.29 is 0 Å². The molecule has 1 heterocycles. The van der Waals surface area contributed by atoms with Crippen LogP contribution in [0.5, 0.6) is 0 Å². The van der Waals surface area contributed by atoms with Gasteiger partial charge in [0.1, 0.15) is 5.82 Å². The number of hydrogen-bond acceptors (Lipinski definition) is 2. The van der Waals surface area contributed by atoms with E-state index in [1.54, 1.807) is 0 Å². The van der Waals surface area contributed by atoms with Crippen LogP contribution >= 0.6 is 0 Å². The van der Waals surface area contributed by atoms with Gasteiger partial charge in [-0.1, -0.05) is 69.0 Å². The summed E-state index contributed by atoms with van der Waals surface area (Å²) >= 11 is 0. The Morgan fingerprint density at radius 2 is 1.85 bits per heavy atom. The van der Waals surface area contributed by atoms with E-state index >= 15 is 0 Å². The molecule has 0 unspecified atom stereocenters. The fourth-order valence-electron chi connectivity index (χ4n) is 3.79. The lowest BCUT2D eigenvalue weighted by atomic mass is 9.79. The molecule has 26 heavy (non-hydrogen) atoms. The highest BCUT2D eigenvalue weighted by Gasteiger charge is 2.29. The number of nitrogens with one attached hydrogen (secondary N) is 1. The van der Waals surface area contributed by atoms with Crippen LogP contribution in [0.2, 0.25) is 0 Å². The molecule has 2 aromatic carbocycles. The van der Waals surface area contributed by atoms with Crippen LogP contribution in [0.3, 0.4) is 0 Å². The van der Waals surface area contributed by atoms with E-state index in [0.717, 1.165) is 24.3 Å². The molecule has 1 N–H and O–H groups in total. The second-order valence-corrected chi connectivity index (χ2v) is 7.59. The largest absolute Gasteiger partial charge is 0.369 e. The zero-order valence-corrected chi connectivity index (χ0v) is 15.4. The Balaban J connectivity index is 1.63. The molecular formula is C24H24N2. The minimum Gasteiger partial charge on any atom is -0.369 e. The second-order valence-electron chi connectivity index (χ2n) is 7.59. The summed E-state index contributed by atoms with van der Waals surface area (Å²) in [7, 11) is 0. The third-order valence-corrected chi connectivity index (χ3v) is 5.28. The van der Waals surface area contributed by atoms with Crippen molar-refractivity contribution in [1.29, 1.82) is 0 Å². The van der Waals surface area contributed by atoms with Gasteiger partial charge in [0.25, 0.3) is 0 Å². The number of fused-ring (bicyclic) bond motifs is 3. The quantitative estimate of drug-likeness (QED) is 0.505. The van der Waals surface area contributed by atoms with Crippen LogP contribution < -0.4 is 5.32 Å². The fourth-order valence-corrected chi connectivity index (χ4v) is 3.79. The van der Waals surface area contributed by atoms with E-state index in [9.17, 15) is 0 Å². The van der Waals surface area contributed by atoms with Crippen LogP contribution in [0.25, 0.3) is 17.2 Å². The van der Waals surface area contributed by atoms with Crippen LogP contribution in [-0.4, -0.2) is 11.5 Å². The maximum absolute atomic E-state index is 4.47. The van der Waals surface area contributed by atoms with Crippen LogP contribution in [0.1, 0.15) is 36.1 Å². The molecule has 1 aliphatic carbocycles. The Labute approximate surface area is 155 Å². The molecule has 0 fully saturated rings. The normalized spacial score (nSPS) is 12.4. The minimum absolute atomic E-state index is 0.0123. The van der Waals surface area contributed by atoms with Crippen molar-refractivity contribution in [3.63, 3.8) is 0 Å². The van der Waals surface area contributed by atoms with Crippen molar-refractivity contribution in [2.45, 2.75) is 25.7 Å². The summed E-state index contributed by atoms with van der Waals surface area (Å²) in [5, 5.41) is 3.50. The van der Waals surface area contributed by atoms with Crippen molar-refractivity contribution in [1.82, 2.24) is 4.98 Å². The lowest BCUT2D eigenvalue weighted by Gasteiger charge is -2.28. The van der Waals surface area contributed by atoms with Gasteiger partial charge in [-0.05, 0) is 51.9 Å². The molecule has 0 radical (unpaired) electrons. The van der Waals surface area contributed by atoms with Crippen LogP contribution in [0, 0.1) is 0 Å². The van der Waals surface area contributed by atoms with Crippen molar-refractivity contribution in [3.05, 3.63) is 89.6 Å². The molecule has 3 aromatic rings. The predicted octanol–water partition coefficient (Wildman–Crippen LogP) is 5.69. The van der Waals surface area contributed by atoms with E-state index in [1.807, 2.05) is 24.4 Å². The van der Waals surface area contributed by atoms with Gasteiger partial charge in [0.2, 0.25) is 0 Å². The maximum Gasteiger partial charge on any atom is 0.125 e. The van der Waals surface area contributed by atoms with Crippen LogP contribution in [-0.2, 0) is 11.8 Å². The molecule has 0 atom stereocenters. The number of nitrogens with zero attached hydrogens (tertiary/aromatic N) is 1. The standard InChI is InChI=1S/C24H24N2/c1-4-17-12-13-22(25-15-17)26-16-24(2,3)21-11-7-9-19-14-18-8-5-6-10-20(18)23(19)21/h4-13,15H,1,14,16H2,2-3H3,(H,25,26). The van der Waals surface area contributed by atoms with E-state index in [4.69, 9.17) is 0 Å². The summed E-state index contributed by atoms with van der Waals surface area (Å²) in [6, 6.07) is 19.5. The molecule has 2 heteroatoms. The molecule has 1 aromatic heterocycles. The van der Waals surface area contributed by atoms with Crippen molar-refractivity contribution >= 4 is 11.9 Å². The smallest absolute Gasteiger partial charge is 0.125 e. The zero-order chi connectivity index (χ0) is 18.1. The van der Waals surface area contributed by atoms with Gasteiger partial charge in [-0.3, -0.25) is 0 Å². The molecule has 0 saturated heterocycles. The molecule has 0 aliphatic heterocycles. The van der Waals surface area contributed by atoms with E-state index in [2.05, 4.69) is 73.2 Å². The molecule has 4 rings (SSSR count). The number of benzene rings is 2. The number of hydrogen-bond donors (Lipinski definition) is 1. The van der Waals surface area contributed by atoms with Gasteiger partial charge < -0.3 is 5.32 Å². The molecular weight excluding hydrogens is 316 g/mol. The third kappa shape index (κ3) is 2.92. The molecule has 0 saturated carbocycles. The summed E-state index contributed by atoms with van der Waals surface area (Å²) in [4.78, 5) is 4.47. The van der Waals surface area contributed by atoms with Crippen LogP contribution in [0.4, 0.5) is 5.82 Å². The molecule has 0 spiro atoms. The highest BCUT2D eigenvalue weighted by Crippen LogP contribution is 2.42. The van der Waals surface area contributed by atoms with Crippen molar-refractivity contribution in [3.8, 4) is 11.1 Å². The molecule has 2 nitrogen and oxygen atoms in total. The molecule has 0 amide bonds. The SMILES string of the molecule is C=Cc1ccc(NCC(C)(C)c2cccc3c2-c2ccccc2C3)nc1. The molecule has 0 bridgehead atoms. The summed E-state index contributed by atoms with van der Waals surface area (Å²) < 4.78 is 0. The van der Waals surface area contributed by atoms with Gasteiger partial charge in [0, 0.05) is 18.2 Å². The Morgan fingerprint density at radius 3 is 2.62 bits per heavy atom. The highest BCUT2D eigenvalue weighted by atomic mass is 15.0. The van der Waals surface area contributed by atoms with Gasteiger partial charge in [-0.2, -0.15) is 0 Å². The average Bonchev–Trinajstić information content (AvgIpc) is 3.05. The van der Waals surface area contributed by atoms with Crippen LogP contribution in [0.15, 0.2) is 67.4 Å². The summed E-state index contributed by atoms with van der Waals surface area (Å²) in [6.07, 6.45) is 4.69. The Hall–Kier alpha value is -2.87. The van der Waals surface area contributed by atoms with Gasteiger partial charge in [0.05, 0.1) is 0 Å². The summed E-state index contributed by atoms with van der Waals surface area (Å²) in [5.74, 6) is 0.900. The van der Waals surface area contributed by atoms with E-state index in [1.165, 1.54) is 27.8 Å². The van der Waals surface area contributed by atoms with Gasteiger partial charge in [-0.25, -0.2) is 4.98 Å². The van der Waals surface area contributed by atoms with Gasteiger partial charge in [-0.15, -0.1) is 0 Å². The number of rotatable bonds is 5. The predicted molar refractivity (Wildman–Crippen MR) is 111 cm³/mol. The number of anilines is 1. The second kappa shape index (κ2) is 6.45. The first kappa shape index (κ1) is 16.6. The minimum atomic E-state index is -0.0123. The fraction of sp³-hybridized carbons (Fsp3) is 0.208. The third-order valence-electron chi connectivity index (χ3n) is 5.28. The van der Waals surface area contributed by atoms with Crippen molar-refractivity contribution in [2.75, 3.05) is 11.9 Å². The highest BCUT2D eigenvalue weighted by molar-refractivity contribution is 5.80. The maximum atomic E-state index is 4.47. The Kier molecular flexibility index (Phi) is 4.12. The Bertz CT molecular complexity index is 952. The lowest BCUT2D eigenvalue weighted by Crippen LogP contribution is -2.28. The number of aromatic nitrogens is 1. The van der Waals surface area contributed by atoms with Crippen molar-refractivity contribution in [2.24, 2.45) is 0 Å². The average molecular weight is 340 g/mol. The van der Waals surface area contributed by atoms with E-state index in [0.29, 0.717) is 0 Å². The van der Waals surface area contributed by atoms with E-state index in [-0.39, 0.29) is 5.41 Å².